The van der Waals surface area contributed by atoms with Gasteiger partial charge >= 0.3 is 0 Å². The van der Waals surface area contributed by atoms with Crippen LogP contribution in [0, 0.1) is 23.7 Å². The number of phenolic OH excluding ortho intramolecular Hbond substituents is 1. The van der Waals surface area contributed by atoms with Gasteiger partial charge in [0.1, 0.15) is 5.75 Å². The number of nitrogens with two attached hydrogens (primary N) is 1. The normalized spacial score (nSPS) is 32.7. The van der Waals surface area contributed by atoms with Crippen LogP contribution in [0.3, 0.4) is 0 Å². The molecule has 3 aliphatic carbocycles. The number of primary amides is 1. The van der Waals surface area contributed by atoms with Gasteiger partial charge in [-0.25, -0.2) is 0 Å². The van der Waals surface area contributed by atoms with Crippen molar-refractivity contribution in [1.29, 1.82) is 0 Å². The van der Waals surface area contributed by atoms with E-state index in [1.807, 2.05) is 19.9 Å². The standard InChI is InChI=1S/C30H39N3O7/c1-14(2)17-11-16(13-33-8-6-5-7-9-33)24(34)21-18(17)10-15-12-19-23(32(3)4)26(36)22(29(31)39)28(38)30(19,40)27(37)20(15)25(21)35/h11,14-15,19-20,22-23,34,40H,5-10,12-13H2,1-4H3,(H2,31,39)/t15-,19-,20?,22?,23-,30-/m0/s1. The number of nitrogens with zero attached hydrogens (tertiary/aromatic N) is 2. The molecule has 0 aromatic heterocycles. The van der Waals surface area contributed by atoms with Crippen LogP contribution in [0.25, 0.3) is 0 Å². The third kappa shape index (κ3) is 4.14. The quantitative estimate of drug-likeness (QED) is 0.452. The number of phenols is 1. The summed E-state index contributed by atoms with van der Waals surface area (Å²) in [6.45, 7) is 6.31. The Labute approximate surface area is 233 Å². The van der Waals surface area contributed by atoms with Gasteiger partial charge in [-0.3, -0.25) is 33.8 Å². The molecule has 0 spiro atoms. The van der Waals surface area contributed by atoms with Crippen molar-refractivity contribution in [3.63, 3.8) is 0 Å². The van der Waals surface area contributed by atoms with E-state index in [1.54, 1.807) is 14.1 Å². The second-order valence-corrected chi connectivity index (χ2v) is 12.6. The van der Waals surface area contributed by atoms with Crippen LogP contribution < -0.4 is 5.73 Å². The van der Waals surface area contributed by atoms with Gasteiger partial charge in [0.25, 0.3) is 0 Å². The van der Waals surface area contributed by atoms with Crippen LogP contribution in [-0.2, 0) is 32.1 Å². The number of aliphatic hydroxyl groups is 1. The fraction of sp³-hybridized carbons (Fsp3) is 0.633. The van der Waals surface area contributed by atoms with Crippen molar-refractivity contribution in [2.45, 2.75) is 70.1 Å². The largest absolute Gasteiger partial charge is 0.507 e. The van der Waals surface area contributed by atoms with E-state index in [9.17, 15) is 34.2 Å². The number of rotatable bonds is 5. The molecule has 3 fully saturated rings. The lowest BCUT2D eigenvalue weighted by molar-refractivity contribution is -0.181. The minimum absolute atomic E-state index is 0.0405. The van der Waals surface area contributed by atoms with E-state index in [1.165, 1.54) is 4.90 Å². The number of hydrogen-bond donors (Lipinski definition) is 3. The Kier molecular flexibility index (Phi) is 7.25. The number of Topliss-reactive ketones (excluding diaryl/α,β-unsaturated/α-hetero) is 4. The molecule has 10 heteroatoms. The molecule has 216 valence electrons. The topological polar surface area (TPSA) is 158 Å². The minimum Gasteiger partial charge on any atom is -0.507 e. The molecule has 0 bridgehead atoms. The molecule has 10 nitrogen and oxygen atoms in total. The smallest absolute Gasteiger partial charge is 0.235 e. The van der Waals surface area contributed by atoms with Gasteiger partial charge in [0, 0.05) is 18.0 Å². The van der Waals surface area contributed by atoms with Crippen LogP contribution >= 0.6 is 0 Å². The summed E-state index contributed by atoms with van der Waals surface area (Å²) < 4.78 is 0. The van der Waals surface area contributed by atoms with Crippen LogP contribution in [0.4, 0.5) is 0 Å². The first-order chi connectivity index (χ1) is 18.8. The van der Waals surface area contributed by atoms with E-state index in [0.29, 0.717) is 17.7 Å². The van der Waals surface area contributed by atoms with Crippen molar-refractivity contribution in [1.82, 2.24) is 9.80 Å². The lowest BCUT2D eigenvalue weighted by Crippen LogP contribution is -2.74. The van der Waals surface area contributed by atoms with Crippen LogP contribution in [0.1, 0.15) is 72.5 Å². The van der Waals surface area contributed by atoms with Crippen LogP contribution in [-0.4, -0.2) is 87.9 Å². The van der Waals surface area contributed by atoms with Crippen molar-refractivity contribution >= 4 is 29.0 Å². The van der Waals surface area contributed by atoms with E-state index in [2.05, 4.69) is 4.90 Å². The van der Waals surface area contributed by atoms with Gasteiger partial charge in [-0.2, -0.15) is 0 Å². The molecule has 6 atom stereocenters. The summed E-state index contributed by atoms with van der Waals surface area (Å²) in [7, 11) is 3.15. The number of ketones is 4. The van der Waals surface area contributed by atoms with Gasteiger partial charge < -0.3 is 15.9 Å². The lowest BCUT2D eigenvalue weighted by Gasteiger charge is -2.52. The van der Waals surface area contributed by atoms with Gasteiger partial charge in [-0.05, 0) is 75.8 Å². The Balaban J connectivity index is 1.61. The van der Waals surface area contributed by atoms with Crippen molar-refractivity contribution in [3.8, 4) is 5.75 Å². The second kappa shape index (κ2) is 10.2. The number of likely N-dealkylation sites (N-methyl/N-ethyl adjacent to an activating group) is 1. The predicted molar refractivity (Wildman–Crippen MR) is 145 cm³/mol. The molecule has 1 aliphatic heterocycles. The fourth-order valence-corrected chi connectivity index (χ4v) is 7.75. The number of hydrogen-bond acceptors (Lipinski definition) is 9. The number of amides is 1. The number of fused-ring (bicyclic) bond motifs is 3. The number of carbonyl (C=O) groups excluding carboxylic acids is 5. The van der Waals surface area contributed by atoms with E-state index in [-0.39, 0.29) is 30.1 Å². The highest BCUT2D eigenvalue weighted by atomic mass is 16.3. The summed E-state index contributed by atoms with van der Waals surface area (Å²) in [4.78, 5) is 70.8. The summed E-state index contributed by atoms with van der Waals surface area (Å²) >= 11 is 0. The van der Waals surface area contributed by atoms with Gasteiger partial charge in [-0.15, -0.1) is 0 Å². The predicted octanol–water partition coefficient (Wildman–Crippen LogP) is 0.976. The van der Waals surface area contributed by atoms with Crippen molar-refractivity contribution < 1.29 is 34.2 Å². The summed E-state index contributed by atoms with van der Waals surface area (Å²) in [6, 6.07) is 0.863. The zero-order valence-electron chi connectivity index (χ0n) is 23.6. The van der Waals surface area contributed by atoms with E-state index in [0.717, 1.165) is 37.9 Å². The van der Waals surface area contributed by atoms with Crippen LogP contribution in [0.5, 0.6) is 5.75 Å². The zero-order valence-corrected chi connectivity index (χ0v) is 23.6. The molecule has 2 saturated carbocycles. The van der Waals surface area contributed by atoms with Gasteiger partial charge in [0.15, 0.2) is 34.7 Å². The highest BCUT2D eigenvalue weighted by Gasteiger charge is 2.69. The second-order valence-electron chi connectivity index (χ2n) is 12.6. The van der Waals surface area contributed by atoms with Crippen molar-refractivity contribution in [3.05, 3.63) is 28.3 Å². The maximum atomic E-state index is 14.1. The minimum atomic E-state index is -2.71. The molecule has 1 aromatic carbocycles. The molecular formula is C30H39N3O7. The Bertz CT molecular complexity index is 1300. The van der Waals surface area contributed by atoms with E-state index in [4.69, 9.17) is 5.73 Å². The molecule has 40 heavy (non-hydrogen) atoms. The third-order valence-electron chi connectivity index (χ3n) is 9.64. The van der Waals surface area contributed by atoms with Gasteiger partial charge in [0.05, 0.1) is 17.5 Å². The third-order valence-corrected chi connectivity index (χ3v) is 9.64. The maximum absolute atomic E-state index is 14.1. The summed E-state index contributed by atoms with van der Waals surface area (Å²) in [6.07, 6.45) is 3.63. The van der Waals surface area contributed by atoms with Crippen molar-refractivity contribution in [2.24, 2.45) is 29.4 Å². The van der Waals surface area contributed by atoms with Crippen LogP contribution in [0.15, 0.2) is 6.07 Å². The molecule has 4 aliphatic rings. The molecule has 1 aromatic rings. The number of piperidine rings is 1. The molecule has 5 rings (SSSR count). The summed E-state index contributed by atoms with van der Waals surface area (Å²) in [5.41, 5.74) is 5.00. The SMILES string of the molecule is CC(C)c1cc(CN2CCCCC2)c(O)c2c1C[C@H]1C[C@H]3[C@H](N(C)C)C(=O)C(C(N)=O)C(=O)[C@@]3(O)C(=O)C1C2=O. The zero-order chi connectivity index (χ0) is 29.3. The summed E-state index contributed by atoms with van der Waals surface area (Å²) in [5.74, 6) is -10.0. The molecule has 4 N–H and O–H groups in total. The Morgan fingerprint density at radius 2 is 1.77 bits per heavy atom. The first-order valence-corrected chi connectivity index (χ1v) is 14.2. The van der Waals surface area contributed by atoms with Crippen molar-refractivity contribution in [2.75, 3.05) is 27.2 Å². The monoisotopic (exact) mass is 553 g/mol. The van der Waals surface area contributed by atoms with E-state index >= 15 is 0 Å². The van der Waals surface area contributed by atoms with Crippen LogP contribution in [0.2, 0.25) is 0 Å². The van der Waals surface area contributed by atoms with Gasteiger partial charge in [-0.1, -0.05) is 26.3 Å². The number of aromatic hydroxyl groups is 1. The Morgan fingerprint density at radius 3 is 2.35 bits per heavy atom. The molecule has 1 heterocycles. The fourth-order valence-electron chi connectivity index (χ4n) is 7.75. The Hall–Kier alpha value is -2.95. The molecule has 0 radical (unpaired) electrons. The Morgan fingerprint density at radius 1 is 1.12 bits per heavy atom. The average molecular weight is 554 g/mol. The molecule has 2 unspecified atom stereocenters. The molecule has 1 amide bonds. The average Bonchev–Trinajstić information content (AvgIpc) is 2.87. The molecular weight excluding hydrogens is 514 g/mol. The van der Waals surface area contributed by atoms with E-state index < -0.39 is 64.4 Å². The summed E-state index contributed by atoms with van der Waals surface area (Å²) in [5, 5.41) is 23.2. The number of benzene rings is 1. The maximum Gasteiger partial charge on any atom is 0.235 e. The number of likely N-dealkylation sites (tertiary alicyclic amines) is 1. The highest BCUT2D eigenvalue weighted by molar-refractivity contribution is 6.32. The highest BCUT2D eigenvalue weighted by Crippen LogP contribution is 2.52. The first kappa shape index (κ1) is 28.6. The lowest BCUT2D eigenvalue weighted by atomic mass is 9.52. The van der Waals surface area contributed by atoms with Gasteiger partial charge in [0.2, 0.25) is 5.91 Å². The molecule has 1 saturated heterocycles. The number of carbonyl (C=O) groups is 5. The first-order valence-electron chi connectivity index (χ1n) is 14.2.